The molecule has 0 aliphatic carbocycles. The summed E-state index contributed by atoms with van der Waals surface area (Å²) in [5, 5.41) is 2.86. The molecule has 0 radical (unpaired) electrons. The Kier molecular flexibility index (Phi) is 4.66. The monoisotopic (exact) mass is 288 g/mol. The van der Waals surface area contributed by atoms with Crippen molar-refractivity contribution in [2.75, 3.05) is 4.90 Å². The van der Waals surface area contributed by atoms with Crippen LogP contribution in [0.5, 0.6) is 0 Å². The normalized spacial score (nSPS) is 22.6. The molecule has 2 amide bonds. The van der Waals surface area contributed by atoms with Gasteiger partial charge in [0.25, 0.3) is 5.91 Å². The van der Waals surface area contributed by atoms with Crippen LogP contribution >= 0.6 is 0 Å². The van der Waals surface area contributed by atoms with E-state index in [0.717, 1.165) is 12.1 Å². The van der Waals surface area contributed by atoms with Gasteiger partial charge in [-0.15, -0.1) is 0 Å². The molecule has 4 nitrogen and oxygen atoms in total. The Labute approximate surface area is 126 Å². The quantitative estimate of drug-likeness (QED) is 0.925. The van der Waals surface area contributed by atoms with Crippen LogP contribution in [-0.4, -0.2) is 23.9 Å². The maximum absolute atomic E-state index is 12.7. The fourth-order valence-corrected chi connectivity index (χ4v) is 2.75. The third-order valence-corrected chi connectivity index (χ3v) is 4.09. The van der Waals surface area contributed by atoms with Gasteiger partial charge in [0.05, 0.1) is 0 Å². The van der Waals surface area contributed by atoms with Crippen LogP contribution in [0.2, 0.25) is 0 Å². The van der Waals surface area contributed by atoms with Crippen molar-refractivity contribution in [2.45, 2.75) is 52.6 Å². The summed E-state index contributed by atoms with van der Waals surface area (Å²) in [6.45, 7) is 7.93. The molecule has 0 saturated carbocycles. The third kappa shape index (κ3) is 2.94. The van der Waals surface area contributed by atoms with E-state index < -0.39 is 12.1 Å². The molecule has 0 bridgehead atoms. The van der Waals surface area contributed by atoms with Crippen molar-refractivity contribution in [3.8, 4) is 0 Å². The van der Waals surface area contributed by atoms with Crippen LogP contribution in [0.1, 0.15) is 39.7 Å². The van der Waals surface area contributed by atoms with Crippen molar-refractivity contribution in [1.82, 2.24) is 5.32 Å². The van der Waals surface area contributed by atoms with E-state index in [1.54, 1.807) is 4.90 Å². The summed E-state index contributed by atoms with van der Waals surface area (Å²) in [4.78, 5) is 26.7. The van der Waals surface area contributed by atoms with E-state index in [4.69, 9.17) is 0 Å². The summed E-state index contributed by atoms with van der Waals surface area (Å²) in [7, 11) is 0. The Morgan fingerprint density at radius 1 is 1.14 bits per heavy atom. The summed E-state index contributed by atoms with van der Waals surface area (Å²) in [6.07, 6.45) is 1.57. The number of amides is 2. The van der Waals surface area contributed by atoms with Crippen LogP contribution in [0.4, 0.5) is 5.69 Å². The molecule has 114 valence electrons. The Morgan fingerprint density at radius 3 is 2.24 bits per heavy atom. The summed E-state index contributed by atoms with van der Waals surface area (Å²) in [5.74, 6) is 0.00716. The SMILES string of the molecule is CCc1ccc(N2C(=O)C(C(C)C)NC(=O)C2CC)cc1. The van der Waals surface area contributed by atoms with Gasteiger partial charge in [-0.3, -0.25) is 14.5 Å². The Balaban J connectivity index is 2.38. The van der Waals surface area contributed by atoms with Crippen LogP contribution in [0.3, 0.4) is 0 Å². The van der Waals surface area contributed by atoms with Crippen LogP contribution < -0.4 is 10.2 Å². The second-order valence-corrected chi connectivity index (χ2v) is 5.88. The zero-order chi connectivity index (χ0) is 15.6. The first-order valence-corrected chi connectivity index (χ1v) is 7.72. The highest BCUT2D eigenvalue weighted by Crippen LogP contribution is 2.25. The lowest BCUT2D eigenvalue weighted by molar-refractivity contribution is -0.134. The van der Waals surface area contributed by atoms with E-state index in [1.165, 1.54) is 5.56 Å². The first-order chi connectivity index (χ1) is 9.99. The third-order valence-electron chi connectivity index (χ3n) is 4.09. The van der Waals surface area contributed by atoms with Gasteiger partial charge in [-0.1, -0.05) is 39.8 Å². The van der Waals surface area contributed by atoms with E-state index in [1.807, 2.05) is 45.0 Å². The number of carbonyl (C=O) groups is 2. The average molecular weight is 288 g/mol. The van der Waals surface area contributed by atoms with Gasteiger partial charge in [-0.2, -0.15) is 0 Å². The Bertz CT molecular complexity index is 522. The molecule has 1 aromatic carbocycles. The molecule has 1 aromatic rings. The fraction of sp³-hybridized carbons (Fsp3) is 0.529. The first kappa shape index (κ1) is 15.5. The van der Waals surface area contributed by atoms with Gasteiger partial charge in [-0.25, -0.2) is 0 Å². The van der Waals surface area contributed by atoms with Gasteiger partial charge >= 0.3 is 0 Å². The molecule has 1 aliphatic rings. The van der Waals surface area contributed by atoms with Crippen molar-refractivity contribution >= 4 is 17.5 Å². The first-order valence-electron chi connectivity index (χ1n) is 7.72. The highest BCUT2D eigenvalue weighted by molar-refractivity contribution is 6.08. The number of carbonyl (C=O) groups excluding carboxylic acids is 2. The van der Waals surface area contributed by atoms with E-state index >= 15 is 0 Å². The number of aryl methyl sites for hydroxylation is 1. The van der Waals surface area contributed by atoms with Gasteiger partial charge in [0.15, 0.2) is 0 Å². The summed E-state index contributed by atoms with van der Waals surface area (Å²) in [6, 6.07) is 7.06. The smallest absolute Gasteiger partial charge is 0.250 e. The lowest BCUT2D eigenvalue weighted by atomic mass is 9.96. The maximum atomic E-state index is 12.7. The number of piperazine rings is 1. The van der Waals surface area contributed by atoms with Crippen molar-refractivity contribution in [3.63, 3.8) is 0 Å². The molecular weight excluding hydrogens is 264 g/mol. The van der Waals surface area contributed by atoms with Gasteiger partial charge in [0.2, 0.25) is 5.91 Å². The molecule has 1 fully saturated rings. The molecule has 1 aliphatic heterocycles. The molecule has 1 heterocycles. The summed E-state index contributed by atoms with van der Waals surface area (Å²) < 4.78 is 0. The zero-order valence-electron chi connectivity index (χ0n) is 13.2. The Morgan fingerprint density at radius 2 is 1.76 bits per heavy atom. The minimum Gasteiger partial charge on any atom is -0.342 e. The largest absolute Gasteiger partial charge is 0.342 e. The average Bonchev–Trinajstić information content (AvgIpc) is 2.48. The molecule has 21 heavy (non-hydrogen) atoms. The van der Waals surface area contributed by atoms with Crippen LogP contribution in [-0.2, 0) is 16.0 Å². The minimum absolute atomic E-state index is 0.0132. The van der Waals surface area contributed by atoms with E-state index in [2.05, 4.69) is 12.2 Å². The van der Waals surface area contributed by atoms with Crippen LogP contribution in [0.15, 0.2) is 24.3 Å². The van der Waals surface area contributed by atoms with Gasteiger partial charge in [0.1, 0.15) is 12.1 Å². The number of benzene rings is 1. The van der Waals surface area contributed by atoms with Crippen LogP contribution in [0, 0.1) is 5.92 Å². The number of anilines is 1. The molecule has 0 spiro atoms. The van der Waals surface area contributed by atoms with E-state index in [-0.39, 0.29) is 17.7 Å². The lowest BCUT2D eigenvalue weighted by Crippen LogP contribution is -2.64. The molecule has 0 aromatic heterocycles. The van der Waals surface area contributed by atoms with E-state index in [9.17, 15) is 9.59 Å². The zero-order valence-corrected chi connectivity index (χ0v) is 13.2. The van der Waals surface area contributed by atoms with Crippen molar-refractivity contribution in [2.24, 2.45) is 5.92 Å². The van der Waals surface area contributed by atoms with Crippen LogP contribution in [0.25, 0.3) is 0 Å². The standard InChI is InChI=1S/C17H24N2O2/c1-5-12-7-9-13(10-8-12)19-14(6-2)16(20)18-15(11(3)4)17(19)21/h7-11,14-15H,5-6H2,1-4H3,(H,18,20). The predicted molar refractivity (Wildman–Crippen MR) is 84.2 cm³/mol. The lowest BCUT2D eigenvalue weighted by Gasteiger charge is -2.40. The molecule has 2 atom stereocenters. The van der Waals surface area contributed by atoms with Crippen molar-refractivity contribution in [3.05, 3.63) is 29.8 Å². The number of hydrogen-bond acceptors (Lipinski definition) is 2. The van der Waals surface area contributed by atoms with Crippen molar-refractivity contribution in [1.29, 1.82) is 0 Å². The molecule has 4 heteroatoms. The minimum atomic E-state index is -0.439. The molecule has 2 rings (SSSR count). The van der Waals surface area contributed by atoms with Crippen molar-refractivity contribution < 1.29 is 9.59 Å². The summed E-state index contributed by atoms with van der Waals surface area (Å²) in [5.41, 5.74) is 2.03. The van der Waals surface area contributed by atoms with Gasteiger partial charge in [0, 0.05) is 5.69 Å². The highest BCUT2D eigenvalue weighted by Gasteiger charge is 2.41. The fourth-order valence-electron chi connectivity index (χ4n) is 2.75. The number of nitrogens with zero attached hydrogens (tertiary/aromatic N) is 1. The summed E-state index contributed by atoms with van der Waals surface area (Å²) >= 11 is 0. The molecule has 1 saturated heterocycles. The predicted octanol–water partition coefficient (Wildman–Crippen LogP) is 2.52. The topological polar surface area (TPSA) is 49.4 Å². The molecular formula is C17H24N2O2. The highest BCUT2D eigenvalue weighted by atomic mass is 16.2. The van der Waals surface area contributed by atoms with E-state index in [0.29, 0.717) is 6.42 Å². The number of hydrogen-bond donors (Lipinski definition) is 1. The second kappa shape index (κ2) is 6.29. The second-order valence-electron chi connectivity index (χ2n) is 5.88. The van der Waals surface area contributed by atoms with Gasteiger partial charge < -0.3 is 5.32 Å². The number of rotatable bonds is 4. The Hall–Kier alpha value is -1.84. The molecule has 1 N–H and O–H groups in total. The maximum Gasteiger partial charge on any atom is 0.250 e. The number of nitrogens with one attached hydrogen (secondary N) is 1. The molecule has 2 unspecified atom stereocenters. The van der Waals surface area contributed by atoms with Gasteiger partial charge in [-0.05, 0) is 36.5 Å².